The summed E-state index contributed by atoms with van der Waals surface area (Å²) in [5, 5.41) is 6.16. The molecule has 2 aliphatic rings. The predicted molar refractivity (Wildman–Crippen MR) is 60.6 cm³/mol. The molecule has 1 fully saturated rings. The fraction of sp³-hybridized carbons (Fsp3) is 0.750. The van der Waals surface area contributed by atoms with Gasteiger partial charge in [0.25, 0.3) is 0 Å². The molecule has 3 nitrogen and oxygen atoms in total. The third-order valence-electron chi connectivity index (χ3n) is 2.99. The summed E-state index contributed by atoms with van der Waals surface area (Å²) >= 11 is 0. The third-order valence-corrected chi connectivity index (χ3v) is 2.99. The minimum atomic E-state index is 0.151. The fourth-order valence-electron chi connectivity index (χ4n) is 1.92. The van der Waals surface area contributed by atoms with Gasteiger partial charge in [0.15, 0.2) is 0 Å². The average molecular weight is 208 g/mol. The van der Waals surface area contributed by atoms with E-state index < -0.39 is 0 Å². The van der Waals surface area contributed by atoms with Gasteiger partial charge in [-0.05, 0) is 45.1 Å². The number of amides is 1. The van der Waals surface area contributed by atoms with Crippen LogP contribution in [-0.2, 0) is 4.79 Å². The molecule has 2 aliphatic carbocycles. The third kappa shape index (κ3) is 4.04. The Kier molecular flexibility index (Phi) is 3.78. The Morgan fingerprint density at radius 2 is 2.33 bits per heavy atom. The minimum Gasteiger partial charge on any atom is -0.352 e. The van der Waals surface area contributed by atoms with Crippen LogP contribution in [0.2, 0.25) is 0 Å². The van der Waals surface area contributed by atoms with Crippen LogP contribution in [0.3, 0.4) is 0 Å². The van der Waals surface area contributed by atoms with E-state index in [1.54, 1.807) is 5.57 Å². The number of rotatable bonds is 6. The van der Waals surface area contributed by atoms with Gasteiger partial charge in [-0.3, -0.25) is 4.79 Å². The van der Waals surface area contributed by atoms with Gasteiger partial charge in [-0.1, -0.05) is 11.6 Å². The highest BCUT2D eigenvalue weighted by Crippen LogP contribution is 2.19. The van der Waals surface area contributed by atoms with E-state index in [2.05, 4.69) is 16.7 Å². The maximum Gasteiger partial charge on any atom is 0.234 e. The quantitative estimate of drug-likeness (QED) is 0.511. The molecule has 0 radical (unpaired) electrons. The molecular formula is C12H20N2O. The van der Waals surface area contributed by atoms with E-state index in [-0.39, 0.29) is 5.91 Å². The molecule has 2 rings (SSSR count). The number of carbonyl (C=O) groups is 1. The summed E-state index contributed by atoms with van der Waals surface area (Å²) in [6.45, 7) is 1.41. The Morgan fingerprint density at radius 1 is 1.47 bits per heavy atom. The van der Waals surface area contributed by atoms with Crippen LogP contribution in [-0.4, -0.2) is 25.0 Å². The highest BCUT2D eigenvalue weighted by molar-refractivity contribution is 5.78. The van der Waals surface area contributed by atoms with Crippen molar-refractivity contribution >= 4 is 5.91 Å². The molecule has 0 aliphatic heterocycles. The molecule has 0 heterocycles. The van der Waals surface area contributed by atoms with Crippen LogP contribution in [0.25, 0.3) is 0 Å². The monoisotopic (exact) mass is 208 g/mol. The van der Waals surface area contributed by atoms with Crippen molar-refractivity contribution in [2.45, 2.75) is 44.6 Å². The summed E-state index contributed by atoms with van der Waals surface area (Å²) in [6.07, 6.45) is 9.60. The van der Waals surface area contributed by atoms with Crippen LogP contribution in [0.1, 0.15) is 38.5 Å². The summed E-state index contributed by atoms with van der Waals surface area (Å²) in [5.41, 5.74) is 1.56. The van der Waals surface area contributed by atoms with E-state index in [1.165, 1.54) is 32.1 Å². The molecule has 15 heavy (non-hydrogen) atoms. The van der Waals surface area contributed by atoms with Gasteiger partial charge in [0.05, 0.1) is 6.54 Å². The Labute approximate surface area is 91.3 Å². The van der Waals surface area contributed by atoms with Crippen LogP contribution >= 0.6 is 0 Å². The highest BCUT2D eigenvalue weighted by Gasteiger charge is 2.22. The smallest absolute Gasteiger partial charge is 0.234 e. The molecule has 0 spiro atoms. The van der Waals surface area contributed by atoms with Gasteiger partial charge in [-0.25, -0.2) is 0 Å². The van der Waals surface area contributed by atoms with Crippen molar-refractivity contribution in [3.05, 3.63) is 11.6 Å². The summed E-state index contributed by atoms with van der Waals surface area (Å²) in [6, 6.07) is 0.483. The summed E-state index contributed by atoms with van der Waals surface area (Å²) < 4.78 is 0. The van der Waals surface area contributed by atoms with Crippen LogP contribution < -0.4 is 10.6 Å². The van der Waals surface area contributed by atoms with Gasteiger partial charge in [0.1, 0.15) is 0 Å². The van der Waals surface area contributed by atoms with Gasteiger partial charge >= 0.3 is 0 Å². The Morgan fingerprint density at radius 3 is 3.00 bits per heavy atom. The maximum atomic E-state index is 11.3. The zero-order valence-electron chi connectivity index (χ0n) is 9.22. The van der Waals surface area contributed by atoms with E-state index in [1.807, 2.05) is 0 Å². The van der Waals surface area contributed by atoms with Crippen molar-refractivity contribution in [1.82, 2.24) is 10.6 Å². The fourth-order valence-corrected chi connectivity index (χ4v) is 1.92. The number of allylic oxidation sites excluding steroid dienone is 1. The van der Waals surface area contributed by atoms with Crippen molar-refractivity contribution in [1.29, 1.82) is 0 Å². The zero-order chi connectivity index (χ0) is 10.5. The first-order chi connectivity index (χ1) is 7.34. The Bertz CT molecular complexity index is 256. The lowest BCUT2D eigenvalue weighted by atomic mass is 10.2. The van der Waals surface area contributed by atoms with Gasteiger partial charge in [0.2, 0.25) is 5.91 Å². The van der Waals surface area contributed by atoms with E-state index in [0.717, 1.165) is 13.0 Å². The molecule has 0 aromatic heterocycles. The standard InChI is InChI=1S/C12H20N2O/c15-12(14-11-5-6-11)9-13-8-7-10-3-1-2-4-10/h3,11,13H,1-2,4-9H2,(H,14,15). The molecular weight excluding hydrogens is 188 g/mol. The van der Waals surface area contributed by atoms with Crippen molar-refractivity contribution in [3.63, 3.8) is 0 Å². The molecule has 84 valence electrons. The average Bonchev–Trinajstić information content (AvgIpc) is 2.87. The first-order valence-electron chi connectivity index (χ1n) is 6.02. The van der Waals surface area contributed by atoms with Crippen LogP contribution in [0, 0.1) is 0 Å². The van der Waals surface area contributed by atoms with E-state index in [0.29, 0.717) is 12.6 Å². The molecule has 3 heteroatoms. The summed E-state index contributed by atoms with van der Waals surface area (Å²) in [7, 11) is 0. The molecule has 0 bridgehead atoms. The molecule has 0 aromatic carbocycles. The van der Waals surface area contributed by atoms with E-state index in [4.69, 9.17) is 0 Å². The SMILES string of the molecule is O=C(CNCCC1=CCCC1)NC1CC1. The van der Waals surface area contributed by atoms with Gasteiger partial charge in [-0.2, -0.15) is 0 Å². The van der Waals surface area contributed by atoms with Gasteiger partial charge in [-0.15, -0.1) is 0 Å². The number of nitrogens with one attached hydrogen (secondary N) is 2. The molecule has 1 saturated carbocycles. The summed E-state index contributed by atoms with van der Waals surface area (Å²) in [4.78, 5) is 11.3. The molecule has 2 N–H and O–H groups in total. The zero-order valence-corrected chi connectivity index (χ0v) is 9.22. The lowest BCUT2D eigenvalue weighted by molar-refractivity contribution is -0.120. The minimum absolute atomic E-state index is 0.151. The van der Waals surface area contributed by atoms with Crippen molar-refractivity contribution < 1.29 is 4.79 Å². The molecule has 0 atom stereocenters. The normalized spacial score (nSPS) is 20.1. The second-order valence-electron chi connectivity index (χ2n) is 4.52. The van der Waals surface area contributed by atoms with E-state index in [9.17, 15) is 4.79 Å². The predicted octanol–water partition coefficient (Wildman–Crippen LogP) is 1.35. The highest BCUT2D eigenvalue weighted by atomic mass is 16.2. The van der Waals surface area contributed by atoms with Gasteiger partial charge in [0, 0.05) is 6.04 Å². The first-order valence-corrected chi connectivity index (χ1v) is 6.02. The van der Waals surface area contributed by atoms with Crippen LogP contribution in [0.5, 0.6) is 0 Å². The lowest BCUT2D eigenvalue weighted by Crippen LogP contribution is -2.35. The number of carbonyl (C=O) groups excluding carboxylic acids is 1. The largest absolute Gasteiger partial charge is 0.352 e. The molecule has 1 amide bonds. The topological polar surface area (TPSA) is 41.1 Å². The van der Waals surface area contributed by atoms with Crippen molar-refractivity contribution in [2.75, 3.05) is 13.1 Å². The molecule has 0 unspecified atom stereocenters. The lowest BCUT2D eigenvalue weighted by Gasteiger charge is -2.05. The second kappa shape index (κ2) is 5.31. The van der Waals surface area contributed by atoms with Gasteiger partial charge < -0.3 is 10.6 Å². The maximum absolute atomic E-state index is 11.3. The van der Waals surface area contributed by atoms with E-state index >= 15 is 0 Å². The van der Waals surface area contributed by atoms with Crippen LogP contribution in [0.15, 0.2) is 11.6 Å². The Balaban J connectivity index is 1.48. The first kappa shape index (κ1) is 10.7. The number of hydrogen-bond acceptors (Lipinski definition) is 2. The van der Waals surface area contributed by atoms with Crippen LogP contribution in [0.4, 0.5) is 0 Å². The molecule has 0 saturated heterocycles. The van der Waals surface area contributed by atoms with Crippen molar-refractivity contribution in [3.8, 4) is 0 Å². The van der Waals surface area contributed by atoms with Crippen molar-refractivity contribution in [2.24, 2.45) is 0 Å². The Hall–Kier alpha value is -0.830. The molecule has 0 aromatic rings. The second-order valence-corrected chi connectivity index (χ2v) is 4.52. The summed E-state index contributed by atoms with van der Waals surface area (Å²) in [5.74, 6) is 0.151. The number of hydrogen-bond donors (Lipinski definition) is 2.